The van der Waals surface area contributed by atoms with Gasteiger partial charge in [0.2, 0.25) is 10.0 Å². The number of anilines is 1. The first kappa shape index (κ1) is 11.5. The molecule has 1 aromatic rings. The van der Waals surface area contributed by atoms with Crippen LogP contribution in [0.15, 0.2) is 23.2 Å². The molecule has 0 aliphatic heterocycles. The molecule has 0 aromatic carbocycles. The van der Waals surface area contributed by atoms with Gasteiger partial charge in [-0.1, -0.05) is 5.92 Å². The number of hydrogen-bond acceptors (Lipinski definition) is 4. The highest BCUT2D eigenvalue weighted by molar-refractivity contribution is 7.89. The Kier molecular flexibility index (Phi) is 3.66. The molecule has 0 spiro atoms. The van der Waals surface area contributed by atoms with E-state index in [0.29, 0.717) is 0 Å². The summed E-state index contributed by atoms with van der Waals surface area (Å²) in [6.07, 6.45) is 1.21. The summed E-state index contributed by atoms with van der Waals surface area (Å²) >= 11 is 0. The smallest absolute Gasteiger partial charge is 0.242 e. The zero-order valence-corrected chi connectivity index (χ0v) is 9.00. The van der Waals surface area contributed by atoms with Crippen LogP contribution < -0.4 is 10.5 Å². The molecule has 0 bridgehead atoms. The first-order valence-corrected chi connectivity index (χ1v) is 5.65. The second-order valence-corrected chi connectivity index (χ2v) is 4.44. The van der Waals surface area contributed by atoms with Crippen molar-refractivity contribution in [2.24, 2.45) is 0 Å². The fourth-order valence-electron chi connectivity index (χ4n) is 0.854. The van der Waals surface area contributed by atoms with Crippen LogP contribution >= 0.6 is 0 Å². The van der Waals surface area contributed by atoms with Crippen molar-refractivity contribution < 1.29 is 8.42 Å². The van der Waals surface area contributed by atoms with Crippen LogP contribution in [0, 0.1) is 11.8 Å². The fourth-order valence-corrected chi connectivity index (χ4v) is 1.72. The number of nitrogen functional groups attached to an aromatic ring is 1. The Labute approximate surface area is 88.8 Å². The third-order valence-corrected chi connectivity index (χ3v) is 2.98. The van der Waals surface area contributed by atoms with E-state index in [1.807, 2.05) is 0 Å². The van der Waals surface area contributed by atoms with Crippen molar-refractivity contribution in [1.29, 1.82) is 0 Å². The number of sulfonamides is 1. The van der Waals surface area contributed by atoms with E-state index in [9.17, 15) is 8.42 Å². The zero-order valence-electron chi connectivity index (χ0n) is 8.19. The van der Waals surface area contributed by atoms with E-state index in [-0.39, 0.29) is 17.3 Å². The van der Waals surface area contributed by atoms with Crippen LogP contribution in [0.25, 0.3) is 0 Å². The Bertz CT molecular complexity index is 482. The van der Waals surface area contributed by atoms with Crippen LogP contribution in [-0.2, 0) is 10.0 Å². The largest absolute Gasteiger partial charge is 0.384 e. The first-order valence-electron chi connectivity index (χ1n) is 4.17. The van der Waals surface area contributed by atoms with E-state index in [2.05, 4.69) is 21.5 Å². The molecule has 15 heavy (non-hydrogen) atoms. The SMILES string of the molecule is CC#CCNS(=O)(=O)c1ccc(N)nc1. The van der Waals surface area contributed by atoms with E-state index >= 15 is 0 Å². The van der Waals surface area contributed by atoms with E-state index in [4.69, 9.17) is 5.73 Å². The lowest BCUT2D eigenvalue weighted by Gasteiger charge is -2.02. The summed E-state index contributed by atoms with van der Waals surface area (Å²) < 4.78 is 25.4. The average Bonchev–Trinajstić information content (AvgIpc) is 2.18. The topological polar surface area (TPSA) is 85.1 Å². The summed E-state index contributed by atoms with van der Waals surface area (Å²) in [5.41, 5.74) is 5.34. The maximum absolute atomic E-state index is 11.6. The van der Waals surface area contributed by atoms with E-state index in [1.54, 1.807) is 6.92 Å². The standard InChI is InChI=1S/C9H11N3O2S/c1-2-3-6-12-15(13,14)8-4-5-9(10)11-7-8/h4-5,7,12H,6H2,1H3,(H2,10,11). The predicted molar refractivity (Wildman–Crippen MR) is 57.3 cm³/mol. The molecule has 0 aliphatic rings. The molecule has 0 atom stereocenters. The van der Waals surface area contributed by atoms with Gasteiger partial charge in [-0.3, -0.25) is 0 Å². The highest BCUT2D eigenvalue weighted by Gasteiger charge is 2.12. The van der Waals surface area contributed by atoms with Gasteiger partial charge in [0, 0.05) is 6.20 Å². The lowest BCUT2D eigenvalue weighted by molar-refractivity contribution is 0.585. The molecule has 80 valence electrons. The molecule has 1 rings (SSSR count). The second kappa shape index (κ2) is 4.77. The Morgan fingerprint density at radius 2 is 2.27 bits per heavy atom. The quantitative estimate of drug-likeness (QED) is 0.707. The van der Waals surface area contributed by atoms with Crippen LogP contribution in [0.1, 0.15) is 6.92 Å². The third kappa shape index (κ3) is 3.23. The average molecular weight is 225 g/mol. The predicted octanol–water partition coefficient (Wildman–Crippen LogP) is -0.0346. The summed E-state index contributed by atoms with van der Waals surface area (Å²) in [6.45, 7) is 1.72. The molecular weight excluding hydrogens is 214 g/mol. The lowest BCUT2D eigenvalue weighted by atomic mass is 10.5. The van der Waals surface area contributed by atoms with Gasteiger partial charge >= 0.3 is 0 Å². The van der Waals surface area contributed by atoms with Crippen molar-refractivity contribution in [3.05, 3.63) is 18.3 Å². The summed E-state index contributed by atoms with van der Waals surface area (Å²) in [5.74, 6) is 5.47. The number of nitrogens with two attached hydrogens (primary N) is 1. The number of aromatic nitrogens is 1. The maximum Gasteiger partial charge on any atom is 0.242 e. The normalized spacial score (nSPS) is 10.5. The van der Waals surface area contributed by atoms with E-state index in [0.717, 1.165) is 0 Å². The van der Waals surface area contributed by atoms with Crippen molar-refractivity contribution in [3.63, 3.8) is 0 Å². The van der Waals surface area contributed by atoms with Crippen LogP contribution in [0.3, 0.4) is 0 Å². The van der Waals surface area contributed by atoms with Gasteiger partial charge in [0.25, 0.3) is 0 Å². The van der Waals surface area contributed by atoms with Gasteiger partial charge in [-0.25, -0.2) is 13.4 Å². The van der Waals surface area contributed by atoms with Gasteiger partial charge in [0.05, 0.1) is 6.54 Å². The van der Waals surface area contributed by atoms with Crippen molar-refractivity contribution >= 4 is 15.8 Å². The van der Waals surface area contributed by atoms with Gasteiger partial charge in [-0.05, 0) is 19.1 Å². The van der Waals surface area contributed by atoms with Crippen LogP contribution in [0.4, 0.5) is 5.82 Å². The Balaban J connectivity index is 2.85. The molecule has 3 N–H and O–H groups in total. The fraction of sp³-hybridized carbons (Fsp3) is 0.222. The van der Waals surface area contributed by atoms with Gasteiger partial charge in [-0.2, -0.15) is 4.72 Å². The van der Waals surface area contributed by atoms with E-state index < -0.39 is 10.0 Å². The van der Waals surface area contributed by atoms with Crippen molar-refractivity contribution in [1.82, 2.24) is 9.71 Å². The van der Waals surface area contributed by atoms with Gasteiger partial charge in [0.15, 0.2) is 0 Å². The molecule has 6 heteroatoms. The first-order chi connectivity index (χ1) is 7.06. The van der Waals surface area contributed by atoms with E-state index in [1.165, 1.54) is 18.3 Å². The summed E-state index contributed by atoms with van der Waals surface area (Å²) in [4.78, 5) is 3.77. The second-order valence-electron chi connectivity index (χ2n) is 2.67. The summed E-state index contributed by atoms with van der Waals surface area (Å²) in [5, 5.41) is 0. The zero-order chi connectivity index (χ0) is 11.3. The molecule has 0 unspecified atom stereocenters. The highest BCUT2D eigenvalue weighted by Crippen LogP contribution is 2.07. The summed E-state index contributed by atoms with van der Waals surface area (Å²) in [6, 6.07) is 2.82. The molecule has 0 saturated heterocycles. The monoisotopic (exact) mass is 225 g/mol. The number of hydrogen-bond donors (Lipinski definition) is 2. The Morgan fingerprint density at radius 1 is 1.53 bits per heavy atom. The van der Waals surface area contributed by atoms with Crippen molar-refractivity contribution in [3.8, 4) is 11.8 Å². The van der Waals surface area contributed by atoms with Crippen LogP contribution in [-0.4, -0.2) is 19.9 Å². The molecule has 0 saturated carbocycles. The molecule has 0 amide bonds. The molecule has 1 heterocycles. The van der Waals surface area contributed by atoms with Gasteiger partial charge in [-0.15, -0.1) is 5.92 Å². The van der Waals surface area contributed by atoms with Gasteiger partial charge < -0.3 is 5.73 Å². The Morgan fingerprint density at radius 3 is 2.80 bits per heavy atom. The van der Waals surface area contributed by atoms with Crippen molar-refractivity contribution in [2.45, 2.75) is 11.8 Å². The maximum atomic E-state index is 11.6. The van der Waals surface area contributed by atoms with Crippen LogP contribution in [0.2, 0.25) is 0 Å². The number of rotatable bonds is 3. The minimum Gasteiger partial charge on any atom is -0.384 e. The van der Waals surface area contributed by atoms with Crippen LogP contribution in [0.5, 0.6) is 0 Å². The number of pyridine rings is 1. The number of nitrogens with one attached hydrogen (secondary N) is 1. The number of nitrogens with zero attached hydrogens (tertiary/aromatic N) is 1. The van der Waals surface area contributed by atoms with Crippen molar-refractivity contribution in [2.75, 3.05) is 12.3 Å². The molecule has 5 nitrogen and oxygen atoms in total. The Hall–Kier alpha value is -1.58. The minimum absolute atomic E-state index is 0.0783. The molecule has 0 aliphatic carbocycles. The molecule has 0 radical (unpaired) electrons. The lowest BCUT2D eigenvalue weighted by Crippen LogP contribution is -2.24. The summed E-state index contributed by atoms with van der Waals surface area (Å²) in [7, 11) is -3.52. The van der Waals surface area contributed by atoms with Gasteiger partial charge in [0.1, 0.15) is 10.7 Å². The molecule has 1 aromatic heterocycles. The third-order valence-electron chi connectivity index (χ3n) is 1.60. The highest BCUT2D eigenvalue weighted by atomic mass is 32.2. The minimum atomic E-state index is -3.52. The molecule has 0 fully saturated rings. The molecular formula is C9H11N3O2S.